The van der Waals surface area contributed by atoms with Crippen LogP contribution in [0.2, 0.25) is 0 Å². The highest BCUT2D eigenvalue weighted by Gasteiger charge is 2.42. The molecule has 6 rings (SSSR count). The van der Waals surface area contributed by atoms with E-state index in [1.165, 1.54) is 6.29 Å². The van der Waals surface area contributed by atoms with Crippen LogP contribution >= 0.6 is 11.3 Å². The predicted octanol–water partition coefficient (Wildman–Crippen LogP) is 5.43. The van der Waals surface area contributed by atoms with Crippen LogP contribution in [-0.4, -0.2) is 53.6 Å². The Bertz CT molecular complexity index is 1430. The van der Waals surface area contributed by atoms with Crippen molar-refractivity contribution in [2.24, 2.45) is 23.7 Å². The van der Waals surface area contributed by atoms with E-state index in [0.29, 0.717) is 29.9 Å². The Hall–Kier alpha value is -3.25. The Morgan fingerprint density at radius 3 is 2.71 bits per heavy atom. The molecule has 1 aromatic heterocycles. The number of rotatable bonds is 9. The summed E-state index contributed by atoms with van der Waals surface area (Å²) in [7, 11) is 0. The topological polar surface area (TPSA) is 89.7 Å². The van der Waals surface area contributed by atoms with Crippen molar-refractivity contribution in [1.82, 2.24) is 9.88 Å². The number of aryl methyl sites for hydroxylation is 1. The van der Waals surface area contributed by atoms with Gasteiger partial charge in [-0.15, -0.1) is 11.3 Å². The number of aliphatic hydroxyl groups excluding tert-OH is 1. The number of fused-ring (bicyclic) bond motifs is 2. The van der Waals surface area contributed by atoms with Crippen molar-refractivity contribution >= 4 is 22.8 Å². The minimum absolute atomic E-state index is 0.167. The van der Waals surface area contributed by atoms with Gasteiger partial charge in [-0.3, -0.25) is 4.90 Å². The Kier molecular flexibility index (Phi) is 8.12. The normalized spacial score (nSPS) is 25.8. The molecule has 0 amide bonds. The number of aliphatic hydroxyl groups is 1. The van der Waals surface area contributed by atoms with Gasteiger partial charge in [-0.1, -0.05) is 30.7 Å². The lowest BCUT2D eigenvalue weighted by Crippen LogP contribution is -2.42. The molecule has 3 aromatic rings. The second-order valence-corrected chi connectivity index (χ2v) is 13.1. The quantitative estimate of drug-likeness (QED) is 0.343. The standard InChI is InChI=1S/C33H38N4O3S/c1-21-3-8-32(29(10-21)31-20-41-33(35-31)37-15-24-6-7-25(16-37)30(24)18-39)40-19-26-5-4-23(11-27(26)12-34)14-36-13-22(2)9-28(36)17-38/h3-5,8,10-11,18,20,22,24-25,28,30,38H,6-7,9,13-17,19H2,1-2H3/t22-,24?,25?,28+,30?/m1/s1. The molecule has 2 unspecified atom stereocenters. The van der Waals surface area contributed by atoms with E-state index >= 15 is 0 Å². The number of carbonyl (C=O) groups is 1. The number of thiazole rings is 1. The highest BCUT2D eigenvalue weighted by molar-refractivity contribution is 7.14. The summed E-state index contributed by atoms with van der Waals surface area (Å²) in [6, 6.07) is 14.7. The van der Waals surface area contributed by atoms with Gasteiger partial charge in [-0.05, 0) is 67.7 Å². The second-order valence-electron chi connectivity index (χ2n) is 12.2. The first kappa shape index (κ1) is 27.9. The number of piperidine rings is 1. The number of nitriles is 1. The van der Waals surface area contributed by atoms with Crippen LogP contribution in [0.15, 0.2) is 41.8 Å². The van der Waals surface area contributed by atoms with Crippen molar-refractivity contribution in [2.45, 2.75) is 52.3 Å². The number of hydrogen-bond acceptors (Lipinski definition) is 8. The monoisotopic (exact) mass is 570 g/mol. The molecule has 4 atom stereocenters. The molecular formula is C33H38N4O3S. The van der Waals surface area contributed by atoms with E-state index in [-0.39, 0.29) is 18.6 Å². The molecule has 3 aliphatic rings. The Labute approximate surface area is 246 Å². The van der Waals surface area contributed by atoms with Crippen LogP contribution < -0.4 is 9.64 Å². The third-order valence-corrected chi connectivity index (χ3v) is 10.2. The molecule has 1 N–H and O–H groups in total. The highest BCUT2D eigenvalue weighted by Crippen LogP contribution is 2.43. The van der Waals surface area contributed by atoms with E-state index in [2.05, 4.69) is 47.2 Å². The first-order valence-corrected chi connectivity index (χ1v) is 15.6. The van der Waals surface area contributed by atoms with Crippen LogP contribution in [-0.2, 0) is 17.9 Å². The van der Waals surface area contributed by atoms with E-state index in [4.69, 9.17) is 9.72 Å². The summed E-state index contributed by atoms with van der Waals surface area (Å²) < 4.78 is 6.34. The molecule has 3 fully saturated rings. The molecule has 8 heteroatoms. The number of likely N-dealkylation sites (tertiary alicyclic amines) is 1. The van der Waals surface area contributed by atoms with Gasteiger partial charge in [-0.25, -0.2) is 4.98 Å². The Balaban J connectivity index is 1.17. The van der Waals surface area contributed by atoms with Crippen LogP contribution in [0.25, 0.3) is 11.3 Å². The van der Waals surface area contributed by atoms with Gasteiger partial charge < -0.3 is 19.5 Å². The lowest BCUT2D eigenvalue weighted by atomic mass is 9.87. The average Bonchev–Trinajstić information content (AvgIpc) is 3.67. The first-order chi connectivity index (χ1) is 19.9. The van der Waals surface area contributed by atoms with Gasteiger partial charge in [0.1, 0.15) is 18.6 Å². The van der Waals surface area contributed by atoms with Gasteiger partial charge in [0.2, 0.25) is 0 Å². The minimum atomic E-state index is 0.167. The first-order valence-electron chi connectivity index (χ1n) is 14.7. The maximum atomic E-state index is 11.6. The van der Waals surface area contributed by atoms with Crippen LogP contribution in [0.3, 0.4) is 0 Å². The van der Waals surface area contributed by atoms with Crippen LogP contribution in [0.1, 0.15) is 48.4 Å². The molecule has 1 saturated carbocycles. The van der Waals surface area contributed by atoms with Crippen molar-refractivity contribution in [3.63, 3.8) is 0 Å². The zero-order valence-corrected chi connectivity index (χ0v) is 24.6. The fourth-order valence-electron chi connectivity index (χ4n) is 7.11. The van der Waals surface area contributed by atoms with Crippen molar-refractivity contribution in [3.8, 4) is 23.1 Å². The molecule has 41 heavy (non-hydrogen) atoms. The fourth-order valence-corrected chi connectivity index (χ4v) is 7.96. The van der Waals surface area contributed by atoms with Gasteiger partial charge in [0.05, 0.1) is 23.9 Å². The molecule has 214 valence electrons. The van der Waals surface area contributed by atoms with Crippen molar-refractivity contribution < 1.29 is 14.6 Å². The molecule has 2 saturated heterocycles. The van der Waals surface area contributed by atoms with Crippen molar-refractivity contribution in [3.05, 3.63) is 64.0 Å². The van der Waals surface area contributed by atoms with Crippen LogP contribution in [0.5, 0.6) is 5.75 Å². The Morgan fingerprint density at radius 2 is 1.98 bits per heavy atom. The van der Waals surface area contributed by atoms with E-state index in [1.54, 1.807) is 11.3 Å². The number of carbonyl (C=O) groups excluding carboxylic acids is 1. The smallest absolute Gasteiger partial charge is 0.185 e. The zero-order valence-electron chi connectivity index (χ0n) is 23.8. The van der Waals surface area contributed by atoms with Gasteiger partial charge >= 0.3 is 0 Å². The number of aldehydes is 1. The molecule has 2 aromatic carbocycles. The highest BCUT2D eigenvalue weighted by atomic mass is 32.1. The molecule has 2 bridgehead atoms. The van der Waals surface area contributed by atoms with Crippen molar-refractivity contribution in [1.29, 1.82) is 5.26 Å². The predicted molar refractivity (Wildman–Crippen MR) is 161 cm³/mol. The summed E-state index contributed by atoms with van der Waals surface area (Å²) in [4.78, 5) is 21.3. The number of aromatic nitrogens is 1. The third-order valence-electron chi connectivity index (χ3n) is 9.25. The van der Waals surface area contributed by atoms with Gasteiger partial charge in [0.25, 0.3) is 0 Å². The van der Waals surface area contributed by atoms with Gasteiger partial charge in [-0.2, -0.15) is 5.26 Å². The summed E-state index contributed by atoms with van der Waals surface area (Å²) >= 11 is 1.65. The third kappa shape index (κ3) is 5.76. The number of hydrogen-bond donors (Lipinski definition) is 1. The van der Waals surface area contributed by atoms with E-state index in [0.717, 1.165) is 84.3 Å². The Morgan fingerprint density at radius 1 is 1.17 bits per heavy atom. The lowest BCUT2D eigenvalue weighted by molar-refractivity contribution is -0.113. The largest absolute Gasteiger partial charge is 0.488 e. The molecule has 1 aliphatic carbocycles. The molecule has 0 radical (unpaired) electrons. The molecule has 3 heterocycles. The zero-order chi connectivity index (χ0) is 28.5. The van der Waals surface area contributed by atoms with E-state index < -0.39 is 0 Å². The van der Waals surface area contributed by atoms with Crippen molar-refractivity contribution in [2.75, 3.05) is 31.1 Å². The number of ether oxygens (including phenoxy) is 1. The molecular weight excluding hydrogens is 532 g/mol. The summed E-state index contributed by atoms with van der Waals surface area (Å²) in [5, 5.41) is 22.8. The number of benzene rings is 2. The van der Waals surface area contributed by atoms with Crippen LogP contribution in [0, 0.1) is 41.9 Å². The number of nitrogens with zero attached hydrogens (tertiary/aromatic N) is 4. The summed E-state index contributed by atoms with van der Waals surface area (Å²) in [6.07, 6.45) is 4.44. The maximum absolute atomic E-state index is 11.6. The lowest BCUT2D eigenvalue weighted by Gasteiger charge is -2.35. The fraction of sp³-hybridized carbons (Fsp3) is 0.485. The van der Waals surface area contributed by atoms with E-state index in [9.17, 15) is 15.2 Å². The minimum Gasteiger partial charge on any atom is -0.488 e. The summed E-state index contributed by atoms with van der Waals surface area (Å²) in [5.74, 6) is 2.39. The summed E-state index contributed by atoms with van der Waals surface area (Å²) in [5.41, 5.74) is 5.52. The molecule has 0 spiro atoms. The van der Waals surface area contributed by atoms with E-state index in [1.807, 2.05) is 24.3 Å². The molecule has 2 aliphatic heterocycles. The number of anilines is 1. The van der Waals surface area contributed by atoms with Crippen LogP contribution in [0.4, 0.5) is 5.13 Å². The molecule has 7 nitrogen and oxygen atoms in total. The average molecular weight is 571 g/mol. The second kappa shape index (κ2) is 11.9. The van der Waals surface area contributed by atoms with Gasteiger partial charge in [0.15, 0.2) is 5.13 Å². The SMILES string of the molecule is Cc1ccc(OCc2ccc(CN3C[C@H](C)C[C@H]3CO)cc2C#N)c(-c2csc(N3CC4CCC(C3)C4C=O)n2)c1. The maximum Gasteiger partial charge on any atom is 0.185 e. The van der Waals surface area contributed by atoms with Gasteiger partial charge in [0, 0.05) is 54.6 Å². The summed E-state index contributed by atoms with van der Waals surface area (Å²) in [6.45, 7) is 8.23.